The van der Waals surface area contributed by atoms with Crippen LogP contribution in [0, 0.1) is 11.8 Å². The van der Waals surface area contributed by atoms with Crippen LogP contribution in [0.5, 0.6) is 0 Å². The molecule has 1 aromatic carbocycles. The first-order valence-electron chi connectivity index (χ1n) is 8.60. The molecule has 0 radical (unpaired) electrons. The van der Waals surface area contributed by atoms with Crippen molar-refractivity contribution in [1.82, 2.24) is 20.1 Å². The van der Waals surface area contributed by atoms with Gasteiger partial charge in [-0.15, -0.1) is 5.10 Å². The van der Waals surface area contributed by atoms with Gasteiger partial charge in [0.2, 0.25) is 0 Å². The van der Waals surface area contributed by atoms with Crippen molar-refractivity contribution in [3.8, 4) is 11.3 Å². The lowest BCUT2D eigenvalue weighted by Crippen LogP contribution is -2.27. The molecule has 0 amide bonds. The van der Waals surface area contributed by atoms with Gasteiger partial charge in [-0.25, -0.2) is 0 Å². The first-order chi connectivity index (χ1) is 11.8. The van der Waals surface area contributed by atoms with E-state index < -0.39 is 0 Å². The predicted molar refractivity (Wildman–Crippen MR) is 96.0 cm³/mol. The van der Waals surface area contributed by atoms with Crippen LogP contribution in [0.1, 0.15) is 0 Å². The number of likely N-dealkylation sites (tertiary alicyclic amines) is 1. The normalized spacial score (nSPS) is 24.0. The Balaban J connectivity index is 1.52. The van der Waals surface area contributed by atoms with Gasteiger partial charge in [0, 0.05) is 43.5 Å². The molecule has 122 valence electrons. The smallest absolute Gasteiger partial charge is 0.116 e. The van der Waals surface area contributed by atoms with Gasteiger partial charge in [-0.1, -0.05) is 12.1 Å². The summed E-state index contributed by atoms with van der Waals surface area (Å²) in [4.78, 5) is 8.25. The van der Waals surface area contributed by atoms with Crippen LogP contribution in [0.15, 0.2) is 42.7 Å². The minimum absolute atomic E-state index is 0.780. The van der Waals surface area contributed by atoms with E-state index in [1.54, 1.807) is 0 Å². The number of benzene rings is 1. The quantitative estimate of drug-likeness (QED) is 0.789. The number of nitrogens with zero attached hydrogens (tertiary/aromatic N) is 4. The van der Waals surface area contributed by atoms with E-state index in [0.29, 0.717) is 0 Å². The van der Waals surface area contributed by atoms with Crippen molar-refractivity contribution in [2.75, 3.05) is 38.1 Å². The van der Waals surface area contributed by atoms with Crippen LogP contribution < -0.4 is 4.90 Å². The molecule has 0 bridgehead atoms. The summed E-state index contributed by atoms with van der Waals surface area (Å²) in [5.74, 6) is 1.56. The van der Waals surface area contributed by atoms with Crippen molar-refractivity contribution in [2.45, 2.75) is 0 Å². The third-order valence-corrected chi connectivity index (χ3v) is 5.54. The number of aromatic nitrogens is 3. The lowest BCUT2D eigenvalue weighted by Gasteiger charge is -2.23. The van der Waals surface area contributed by atoms with E-state index >= 15 is 0 Å². The molecule has 3 aromatic rings. The summed E-state index contributed by atoms with van der Waals surface area (Å²) >= 11 is 0. The second-order valence-electron chi connectivity index (χ2n) is 7.19. The van der Waals surface area contributed by atoms with Gasteiger partial charge < -0.3 is 14.8 Å². The molecule has 2 atom stereocenters. The van der Waals surface area contributed by atoms with E-state index in [-0.39, 0.29) is 0 Å². The summed E-state index contributed by atoms with van der Waals surface area (Å²) in [7, 11) is 2.23. The molecule has 2 fully saturated rings. The fraction of sp³-hybridized carbons (Fsp3) is 0.368. The Kier molecular flexibility index (Phi) is 3.10. The summed E-state index contributed by atoms with van der Waals surface area (Å²) in [6, 6.07) is 10.7. The topological polar surface area (TPSA) is 48.1 Å². The molecule has 2 aliphatic heterocycles. The molecule has 0 saturated carbocycles. The van der Waals surface area contributed by atoms with Gasteiger partial charge in [-0.2, -0.15) is 5.10 Å². The maximum absolute atomic E-state index is 4.48. The molecule has 24 heavy (non-hydrogen) atoms. The molecule has 1 N–H and O–H groups in total. The van der Waals surface area contributed by atoms with Gasteiger partial charge >= 0.3 is 0 Å². The van der Waals surface area contributed by atoms with E-state index in [9.17, 15) is 0 Å². The van der Waals surface area contributed by atoms with Crippen molar-refractivity contribution in [3.63, 3.8) is 0 Å². The Hall–Kier alpha value is -2.40. The molecule has 2 saturated heterocycles. The zero-order chi connectivity index (χ0) is 16.1. The Bertz CT molecular complexity index is 872. The molecular formula is C19H21N5. The minimum atomic E-state index is 0.780. The first kappa shape index (κ1) is 14.0. The van der Waals surface area contributed by atoms with Crippen molar-refractivity contribution in [2.24, 2.45) is 11.8 Å². The van der Waals surface area contributed by atoms with Gasteiger partial charge in [0.25, 0.3) is 0 Å². The summed E-state index contributed by atoms with van der Waals surface area (Å²) in [5.41, 5.74) is 4.47. The van der Waals surface area contributed by atoms with Crippen LogP contribution in [0.25, 0.3) is 22.2 Å². The zero-order valence-electron chi connectivity index (χ0n) is 13.8. The van der Waals surface area contributed by atoms with Crippen LogP contribution in [-0.4, -0.2) is 53.3 Å². The Morgan fingerprint density at radius 2 is 1.88 bits per heavy atom. The molecule has 2 unspecified atom stereocenters. The van der Waals surface area contributed by atoms with Crippen LogP contribution in [0.4, 0.5) is 5.69 Å². The van der Waals surface area contributed by atoms with Crippen LogP contribution in [0.3, 0.4) is 0 Å². The Labute approximate surface area is 141 Å². The molecule has 5 rings (SSSR count). The number of fused-ring (bicyclic) bond motifs is 2. The van der Waals surface area contributed by atoms with Crippen LogP contribution in [-0.2, 0) is 0 Å². The maximum Gasteiger partial charge on any atom is 0.116 e. The van der Waals surface area contributed by atoms with Gasteiger partial charge in [-0.05, 0) is 42.5 Å². The van der Waals surface area contributed by atoms with Crippen LogP contribution >= 0.6 is 0 Å². The summed E-state index contributed by atoms with van der Waals surface area (Å²) < 4.78 is 0. The number of hydrogen-bond acceptors (Lipinski definition) is 4. The molecule has 5 heteroatoms. The lowest BCUT2D eigenvalue weighted by molar-refractivity contribution is 0.387. The van der Waals surface area contributed by atoms with Gasteiger partial charge in [0.15, 0.2) is 0 Å². The summed E-state index contributed by atoms with van der Waals surface area (Å²) in [6.45, 7) is 4.67. The number of anilines is 1. The minimum Gasteiger partial charge on any atom is -0.369 e. The van der Waals surface area contributed by atoms with Gasteiger partial charge in [0.1, 0.15) is 5.69 Å². The molecule has 4 heterocycles. The van der Waals surface area contributed by atoms with E-state index in [1.807, 2.05) is 12.4 Å². The fourth-order valence-electron chi connectivity index (χ4n) is 4.41. The molecule has 2 aromatic heterocycles. The molecule has 0 spiro atoms. The first-order valence-corrected chi connectivity index (χ1v) is 8.60. The standard InChI is InChI=1S/C19H21N5/c1-23-9-15-11-24(12-16(15)10-23)18-5-7-21-22-19(18)14-3-2-13-4-6-20-17(13)8-14/h2-8,15-16,20H,9-12H2,1H3. The lowest BCUT2D eigenvalue weighted by atomic mass is 10.0. The second-order valence-corrected chi connectivity index (χ2v) is 7.19. The van der Waals surface area contributed by atoms with Crippen molar-refractivity contribution in [3.05, 3.63) is 42.7 Å². The fourth-order valence-corrected chi connectivity index (χ4v) is 4.41. The third kappa shape index (κ3) is 2.19. The SMILES string of the molecule is CN1CC2CN(c3ccnnc3-c3ccc4cc[nH]c4c3)CC2C1. The highest BCUT2D eigenvalue weighted by molar-refractivity contribution is 5.86. The number of H-pyrrole nitrogens is 1. The molecule has 2 aliphatic rings. The molecule has 5 nitrogen and oxygen atoms in total. The monoisotopic (exact) mass is 319 g/mol. The summed E-state index contributed by atoms with van der Waals surface area (Å²) in [5, 5.41) is 9.85. The van der Waals surface area contributed by atoms with Crippen molar-refractivity contribution in [1.29, 1.82) is 0 Å². The maximum atomic E-state index is 4.48. The van der Waals surface area contributed by atoms with E-state index in [0.717, 1.165) is 41.7 Å². The number of rotatable bonds is 2. The van der Waals surface area contributed by atoms with Gasteiger partial charge in [-0.3, -0.25) is 0 Å². The largest absolute Gasteiger partial charge is 0.369 e. The van der Waals surface area contributed by atoms with Crippen LogP contribution in [0.2, 0.25) is 0 Å². The van der Waals surface area contributed by atoms with E-state index in [1.165, 1.54) is 24.2 Å². The Morgan fingerprint density at radius 1 is 1.04 bits per heavy atom. The average molecular weight is 319 g/mol. The number of aromatic amines is 1. The Morgan fingerprint density at radius 3 is 2.71 bits per heavy atom. The van der Waals surface area contributed by atoms with Gasteiger partial charge in [0.05, 0.1) is 11.9 Å². The zero-order valence-corrected chi connectivity index (χ0v) is 13.8. The summed E-state index contributed by atoms with van der Waals surface area (Å²) in [6.07, 6.45) is 3.79. The molecular weight excluding hydrogens is 298 g/mol. The van der Waals surface area contributed by atoms with E-state index in [4.69, 9.17) is 0 Å². The highest BCUT2D eigenvalue weighted by Crippen LogP contribution is 2.37. The third-order valence-electron chi connectivity index (χ3n) is 5.54. The highest BCUT2D eigenvalue weighted by atomic mass is 15.2. The van der Waals surface area contributed by atoms with Crippen molar-refractivity contribution >= 4 is 16.6 Å². The predicted octanol–water partition coefficient (Wildman–Crippen LogP) is 2.62. The molecule has 0 aliphatic carbocycles. The van der Waals surface area contributed by atoms with E-state index in [2.05, 4.69) is 62.4 Å². The highest BCUT2D eigenvalue weighted by Gasteiger charge is 2.39. The average Bonchev–Trinajstić information content (AvgIpc) is 3.28. The number of nitrogens with one attached hydrogen (secondary N) is 1. The second kappa shape index (κ2) is 5.31. The number of hydrogen-bond donors (Lipinski definition) is 1. The van der Waals surface area contributed by atoms with Crippen molar-refractivity contribution < 1.29 is 0 Å².